The van der Waals surface area contributed by atoms with Crippen LogP contribution in [0.3, 0.4) is 0 Å². The predicted molar refractivity (Wildman–Crippen MR) is 65.2 cm³/mol. The number of rotatable bonds is 5. The smallest absolute Gasteiger partial charge is 0.214 e. The first kappa shape index (κ1) is 12.9. The van der Waals surface area contributed by atoms with Crippen molar-refractivity contribution >= 4 is 27.2 Å². The predicted octanol–water partition coefficient (Wildman–Crippen LogP) is 0.867. The number of nitrogens with zero attached hydrogens (tertiary/aromatic N) is 1. The van der Waals surface area contributed by atoms with E-state index in [2.05, 4.69) is 0 Å². The molecule has 0 radical (unpaired) electrons. The van der Waals surface area contributed by atoms with Gasteiger partial charge in [0.2, 0.25) is 10.0 Å². The van der Waals surface area contributed by atoms with Gasteiger partial charge < -0.3 is 5.73 Å². The summed E-state index contributed by atoms with van der Waals surface area (Å²) in [7, 11) is -3.17. The Morgan fingerprint density at radius 1 is 1.47 bits per heavy atom. The van der Waals surface area contributed by atoms with Gasteiger partial charge in [-0.25, -0.2) is 8.42 Å². The van der Waals surface area contributed by atoms with Gasteiger partial charge in [0, 0.05) is 6.04 Å². The monoisotopic (exact) mass is 250 g/mol. The van der Waals surface area contributed by atoms with Crippen LogP contribution >= 0.6 is 12.2 Å². The second kappa shape index (κ2) is 5.23. The highest BCUT2D eigenvalue weighted by molar-refractivity contribution is 7.89. The third kappa shape index (κ3) is 3.39. The van der Waals surface area contributed by atoms with E-state index in [1.54, 1.807) is 6.92 Å². The van der Waals surface area contributed by atoms with Crippen molar-refractivity contribution in [1.82, 2.24) is 4.31 Å². The molecule has 0 aromatic heterocycles. The third-order valence-corrected chi connectivity index (χ3v) is 4.77. The van der Waals surface area contributed by atoms with Gasteiger partial charge >= 0.3 is 0 Å². The zero-order valence-electron chi connectivity index (χ0n) is 8.98. The SMILES string of the molecule is CCS(=O)(=O)N(CC(N)=S)C1CCCC1. The summed E-state index contributed by atoms with van der Waals surface area (Å²) in [4.78, 5) is 0.249. The molecule has 0 saturated heterocycles. The summed E-state index contributed by atoms with van der Waals surface area (Å²) in [6.45, 7) is 1.84. The summed E-state index contributed by atoms with van der Waals surface area (Å²) in [6, 6.07) is 0.108. The van der Waals surface area contributed by atoms with Crippen molar-refractivity contribution in [3.63, 3.8) is 0 Å². The molecule has 0 aromatic carbocycles. The van der Waals surface area contributed by atoms with E-state index >= 15 is 0 Å². The molecule has 0 aliphatic heterocycles. The van der Waals surface area contributed by atoms with Crippen molar-refractivity contribution in [2.24, 2.45) is 5.73 Å². The molecule has 88 valence electrons. The molecule has 1 saturated carbocycles. The van der Waals surface area contributed by atoms with Crippen molar-refractivity contribution in [1.29, 1.82) is 0 Å². The second-order valence-electron chi connectivity index (χ2n) is 3.85. The molecule has 1 aliphatic carbocycles. The molecule has 0 unspecified atom stereocenters. The average Bonchev–Trinajstić information content (AvgIpc) is 2.66. The maximum Gasteiger partial charge on any atom is 0.214 e. The quantitative estimate of drug-likeness (QED) is 0.735. The highest BCUT2D eigenvalue weighted by Gasteiger charge is 2.30. The van der Waals surface area contributed by atoms with E-state index in [-0.39, 0.29) is 23.3 Å². The fourth-order valence-electron chi connectivity index (χ4n) is 1.97. The van der Waals surface area contributed by atoms with Gasteiger partial charge in [-0.15, -0.1) is 0 Å². The van der Waals surface area contributed by atoms with E-state index in [0.717, 1.165) is 25.7 Å². The molecule has 0 aromatic rings. The molecule has 1 aliphatic rings. The maximum atomic E-state index is 11.8. The van der Waals surface area contributed by atoms with E-state index in [4.69, 9.17) is 18.0 Å². The number of hydrogen-bond donors (Lipinski definition) is 1. The van der Waals surface area contributed by atoms with Gasteiger partial charge in [0.05, 0.1) is 17.3 Å². The van der Waals surface area contributed by atoms with E-state index in [1.165, 1.54) is 4.31 Å². The summed E-state index contributed by atoms with van der Waals surface area (Å²) in [5.74, 6) is 0.117. The van der Waals surface area contributed by atoms with Crippen molar-refractivity contribution in [3.05, 3.63) is 0 Å². The first-order valence-electron chi connectivity index (χ1n) is 5.25. The van der Waals surface area contributed by atoms with Crippen LogP contribution in [-0.2, 0) is 10.0 Å². The van der Waals surface area contributed by atoms with E-state index in [9.17, 15) is 8.42 Å². The van der Waals surface area contributed by atoms with Crippen LogP contribution in [0.2, 0.25) is 0 Å². The first-order chi connectivity index (χ1) is 6.97. The van der Waals surface area contributed by atoms with Crippen LogP contribution < -0.4 is 5.73 Å². The van der Waals surface area contributed by atoms with Gasteiger partial charge in [-0.2, -0.15) is 4.31 Å². The summed E-state index contributed by atoms with van der Waals surface area (Å²) in [6.07, 6.45) is 4.05. The van der Waals surface area contributed by atoms with E-state index in [0.29, 0.717) is 0 Å². The number of sulfonamides is 1. The van der Waals surface area contributed by atoms with Crippen molar-refractivity contribution in [2.45, 2.75) is 38.6 Å². The van der Waals surface area contributed by atoms with Crippen molar-refractivity contribution in [2.75, 3.05) is 12.3 Å². The van der Waals surface area contributed by atoms with Crippen molar-refractivity contribution in [3.8, 4) is 0 Å². The number of thiocarbonyl (C=S) groups is 1. The summed E-state index contributed by atoms with van der Waals surface area (Å²) < 4.78 is 25.2. The van der Waals surface area contributed by atoms with Crippen LogP contribution in [0.5, 0.6) is 0 Å². The Morgan fingerprint density at radius 2 is 2.00 bits per heavy atom. The lowest BCUT2D eigenvalue weighted by Crippen LogP contribution is -2.44. The molecule has 0 amide bonds. The molecule has 2 N–H and O–H groups in total. The molecule has 1 fully saturated rings. The molecule has 6 heteroatoms. The van der Waals surface area contributed by atoms with Gasteiger partial charge in [0.1, 0.15) is 0 Å². The second-order valence-corrected chi connectivity index (χ2v) is 6.58. The summed E-state index contributed by atoms with van der Waals surface area (Å²) >= 11 is 4.80. The minimum Gasteiger partial charge on any atom is -0.392 e. The molecule has 1 rings (SSSR count). The van der Waals surface area contributed by atoms with Crippen LogP contribution in [0.1, 0.15) is 32.6 Å². The minimum atomic E-state index is -3.17. The van der Waals surface area contributed by atoms with Crippen LogP contribution in [0.4, 0.5) is 0 Å². The van der Waals surface area contributed by atoms with Gasteiger partial charge in [-0.05, 0) is 19.8 Å². The normalized spacial score (nSPS) is 18.5. The van der Waals surface area contributed by atoms with Crippen LogP contribution in [0.25, 0.3) is 0 Å². The minimum absolute atomic E-state index is 0.108. The van der Waals surface area contributed by atoms with Crippen LogP contribution in [-0.4, -0.2) is 36.1 Å². The summed E-state index contributed by atoms with van der Waals surface area (Å²) in [5, 5.41) is 0. The average molecular weight is 250 g/mol. The molecule has 0 bridgehead atoms. The lowest BCUT2D eigenvalue weighted by Gasteiger charge is -2.26. The third-order valence-electron chi connectivity index (χ3n) is 2.77. The Balaban J connectivity index is 2.81. The van der Waals surface area contributed by atoms with Gasteiger partial charge in [0.25, 0.3) is 0 Å². The summed E-state index contributed by atoms with van der Waals surface area (Å²) in [5.41, 5.74) is 5.44. The van der Waals surface area contributed by atoms with Crippen molar-refractivity contribution < 1.29 is 8.42 Å². The lowest BCUT2D eigenvalue weighted by molar-refractivity contribution is 0.355. The molecule has 0 atom stereocenters. The van der Waals surface area contributed by atoms with Gasteiger partial charge in [0.15, 0.2) is 0 Å². The Bertz CT molecular complexity index is 321. The molecular weight excluding hydrogens is 232 g/mol. The Labute approximate surface area is 96.9 Å². The zero-order chi connectivity index (χ0) is 11.5. The molecule has 4 nitrogen and oxygen atoms in total. The molecular formula is C9H18N2O2S2. The molecule has 0 spiro atoms. The first-order valence-corrected chi connectivity index (χ1v) is 7.27. The Kier molecular flexibility index (Phi) is 4.48. The Hall–Kier alpha value is -0.200. The largest absolute Gasteiger partial charge is 0.392 e. The molecule has 15 heavy (non-hydrogen) atoms. The van der Waals surface area contributed by atoms with E-state index in [1.807, 2.05) is 0 Å². The highest BCUT2D eigenvalue weighted by atomic mass is 32.2. The maximum absolute atomic E-state index is 11.8. The fraction of sp³-hybridized carbons (Fsp3) is 0.889. The number of hydrogen-bond acceptors (Lipinski definition) is 3. The highest BCUT2D eigenvalue weighted by Crippen LogP contribution is 2.25. The topological polar surface area (TPSA) is 63.4 Å². The Morgan fingerprint density at radius 3 is 2.40 bits per heavy atom. The van der Waals surface area contributed by atoms with Crippen LogP contribution in [0.15, 0.2) is 0 Å². The lowest BCUT2D eigenvalue weighted by atomic mass is 10.2. The van der Waals surface area contributed by atoms with E-state index < -0.39 is 10.0 Å². The van der Waals surface area contributed by atoms with Crippen LogP contribution in [0, 0.1) is 0 Å². The van der Waals surface area contributed by atoms with Gasteiger partial charge in [-0.1, -0.05) is 25.1 Å². The van der Waals surface area contributed by atoms with Gasteiger partial charge in [-0.3, -0.25) is 0 Å². The standard InChI is InChI=1S/C9H18N2O2S2/c1-2-15(12,13)11(7-9(10)14)8-5-3-4-6-8/h8H,2-7H2,1H3,(H2,10,14). The number of nitrogens with two attached hydrogens (primary N) is 1. The fourth-order valence-corrected chi connectivity index (χ4v) is 3.52. The zero-order valence-corrected chi connectivity index (χ0v) is 10.6. The molecule has 0 heterocycles.